The Hall–Kier alpha value is -7.22. The Labute approximate surface area is 313 Å². The number of hydrogen-bond acceptors (Lipinski definition) is 2. The van der Waals surface area contributed by atoms with E-state index in [2.05, 4.69) is 179 Å². The third-order valence-electron chi connectivity index (χ3n) is 10.7. The first-order valence-corrected chi connectivity index (χ1v) is 18.3. The van der Waals surface area contributed by atoms with Gasteiger partial charge in [0.25, 0.3) is 0 Å². The van der Waals surface area contributed by atoms with E-state index in [0.29, 0.717) is 5.56 Å². The van der Waals surface area contributed by atoms with Gasteiger partial charge in [-0.25, -0.2) is 0 Å². The minimum absolute atomic E-state index is 0.600. The molecule has 0 spiro atoms. The van der Waals surface area contributed by atoms with E-state index in [0.717, 1.165) is 72.3 Å². The van der Waals surface area contributed by atoms with Crippen LogP contribution in [0.5, 0.6) is 0 Å². The van der Waals surface area contributed by atoms with Gasteiger partial charge < -0.3 is 9.13 Å². The van der Waals surface area contributed by atoms with E-state index in [1.807, 2.05) is 19.9 Å². The van der Waals surface area contributed by atoms with E-state index in [4.69, 9.17) is 4.98 Å². The Morgan fingerprint density at radius 3 is 1.39 bits per heavy atom. The zero-order valence-corrected chi connectivity index (χ0v) is 30.0. The molecule has 0 N–H and O–H groups in total. The van der Waals surface area contributed by atoms with Crippen LogP contribution in [0, 0.1) is 25.2 Å². The van der Waals surface area contributed by atoms with Crippen LogP contribution in [0.3, 0.4) is 0 Å². The molecule has 0 saturated heterocycles. The molecule has 0 atom stereocenters. The highest BCUT2D eigenvalue weighted by atomic mass is 15.0. The van der Waals surface area contributed by atoms with Gasteiger partial charge in [0, 0.05) is 38.5 Å². The highest BCUT2D eigenvalue weighted by molar-refractivity contribution is 6.12. The molecule has 0 saturated carbocycles. The second kappa shape index (κ2) is 12.5. The van der Waals surface area contributed by atoms with Gasteiger partial charge in [-0.3, -0.25) is 4.98 Å². The lowest BCUT2D eigenvalue weighted by Crippen LogP contribution is -2.04. The van der Waals surface area contributed by atoms with Crippen molar-refractivity contribution in [1.82, 2.24) is 14.1 Å². The van der Waals surface area contributed by atoms with Gasteiger partial charge in [0.05, 0.1) is 39.0 Å². The molecule has 10 rings (SSSR count). The molecule has 0 radical (unpaired) electrons. The van der Waals surface area contributed by atoms with Gasteiger partial charge in [-0.2, -0.15) is 5.26 Å². The fraction of sp³-hybridized carbons (Fsp3) is 0.0400. The van der Waals surface area contributed by atoms with Gasteiger partial charge >= 0.3 is 0 Å². The average Bonchev–Trinajstić information content (AvgIpc) is 3.72. The molecule has 3 aromatic heterocycles. The van der Waals surface area contributed by atoms with Gasteiger partial charge in [-0.05, 0) is 102 Å². The van der Waals surface area contributed by atoms with Crippen LogP contribution in [0.25, 0.3) is 88.4 Å². The average molecular weight is 691 g/mol. The molecule has 0 aliphatic rings. The van der Waals surface area contributed by atoms with Crippen molar-refractivity contribution in [3.05, 3.63) is 187 Å². The van der Waals surface area contributed by atoms with E-state index < -0.39 is 0 Å². The summed E-state index contributed by atoms with van der Waals surface area (Å²) in [5.41, 5.74) is 15.3. The van der Waals surface area contributed by atoms with Crippen LogP contribution in [0.1, 0.15) is 17.0 Å². The molecule has 54 heavy (non-hydrogen) atoms. The van der Waals surface area contributed by atoms with Crippen molar-refractivity contribution in [2.75, 3.05) is 0 Å². The molecule has 0 bridgehead atoms. The topological polar surface area (TPSA) is 46.5 Å². The summed E-state index contributed by atoms with van der Waals surface area (Å²) in [6, 6.07) is 62.8. The molecule has 10 aromatic rings. The molecule has 4 heteroatoms. The second-order valence-corrected chi connectivity index (χ2v) is 14.0. The van der Waals surface area contributed by atoms with Crippen molar-refractivity contribution < 1.29 is 0 Å². The quantitative estimate of drug-likeness (QED) is 0.180. The summed E-state index contributed by atoms with van der Waals surface area (Å²) in [6.45, 7) is 4.06. The predicted octanol–water partition coefficient (Wildman–Crippen LogP) is 12.8. The molecule has 254 valence electrons. The fourth-order valence-electron chi connectivity index (χ4n) is 8.34. The summed E-state index contributed by atoms with van der Waals surface area (Å²) in [6.07, 6.45) is 0. The minimum atomic E-state index is 0.600. The van der Waals surface area contributed by atoms with E-state index >= 15 is 0 Å². The molecule has 0 fully saturated rings. The van der Waals surface area contributed by atoms with Crippen LogP contribution in [0.15, 0.2) is 170 Å². The third-order valence-corrected chi connectivity index (χ3v) is 10.7. The van der Waals surface area contributed by atoms with Gasteiger partial charge in [0.1, 0.15) is 6.07 Å². The lowest BCUT2D eigenvalue weighted by molar-refractivity contribution is 1.11. The van der Waals surface area contributed by atoms with Crippen LogP contribution in [-0.4, -0.2) is 14.1 Å². The summed E-state index contributed by atoms with van der Waals surface area (Å²) in [4.78, 5) is 4.71. The van der Waals surface area contributed by atoms with Crippen LogP contribution in [0.4, 0.5) is 0 Å². The summed E-state index contributed by atoms with van der Waals surface area (Å²) in [5, 5.41) is 15.6. The Bertz CT molecular complexity index is 3100. The van der Waals surface area contributed by atoms with Gasteiger partial charge in [-0.15, -0.1) is 0 Å². The largest absolute Gasteiger partial charge is 0.309 e. The number of hydrogen-bond donors (Lipinski definition) is 0. The summed E-state index contributed by atoms with van der Waals surface area (Å²) < 4.78 is 4.65. The Morgan fingerprint density at radius 1 is 0.407 bits per heavy atom. The van der Waals surface area contributed by atoms with Gasteiger partial charge in [0.15, 0.2) is 0 Å². The van der Waals surface area contributed by atoms with Crippen LogP contribution < -0.4 is 0 Å². The maximum absolute atomic E-state index is 11.0. The highest BCUT2D eigenvalue weighted by Gasteiger charge is 2.22. The fourth-order valence-corrected chi connectivity index (χ4v) is 8.34. The molecule has 0 unspecified atom stereocenters. The van der Waals surface area contributed by atoms with E-state index in [1.165, 1.54) is 27.5 Å². The first kappa shape index (κ1) is 31.5. The number of para-hydroxylation sites is 2. The number of nitriles is 1. The SMILES string of the molecule is Cc1cc(-c2cc(C#N)c(-n3c4ccccc4c4cc(-c5ccccc5)ccc43)cc2-n2c3ccccc3c3cc(-c4ccccc4)ccc32)cc(C)n1. The van der Waals surface area contributed by atoms with Crippen LogP contribution in [-0.2, 0) is 0 Å². The number of fused-ring (bicyclic) bond motifs is 6. The van der Waals surface area contributed by atoms with E-state index in [-0.39, 0.29) is 0 Å². The number of aryl methyl sites for hydroxylation is 2. The number of aromatic nitrogens is 3. The standard InChI is InChI=1S/C50H34N4/c1-32-25-38(26-33(2)52-32)42-29-39(31-51)49(53-45-19-11-9-17-40(45)43-27-36(21-23-47(43)53)34-13-5-3-6-14-34)30-50(42)54-46-20-12-10-18-41(46)44-28-37(22-24-48(44)54)35-15-7-4-8-16-35/h3-30H,1-2H3. The highest BCUT2D eigenvalue weighted by Crippen LogP contribution is 2.42. The van der Waals surface area contributed by atoms with Crippen LogP contribution >= 0.6 is 0 Å². The van der Waals surface area contributed by atoms with E-state index in [1.54, 1.807) is 0 Å². The molecule has 7 aromatic carbocycles. The van der Waals surface area contributed by atoms with Crippen molar-refractivity contribution in [1.29, 1.82) is 5.26 Å². The number of nitrogens with zero attached hydrogens (tertiary/aromatic N) is 4. The van der Waals surface area contributed by atoms with Gasteiger partial charge in [-0.1, -0.05) is 109 Å². The van der Waals surface area contributed by atoms with Crippen molar-refractivity contribution >= 4 is 43.6 Å². The molecule has 0 aliphatic heterocycles. The lowest BCUT2D eigenvalue weighted by atomic mass is 9.98. The maximum Gasteiger partial charge on any atom is 0.101 e. The van der Waals surface area contributed by atoms with Crippen molar-refractivity contribution in [2.45, 2.75) is 13.8 Å². The summed E-state index contributed by atoms with van der Waals surface area (Å²) in [7, 11) is 0. The van der Waals surface area contributed by atoms with Crippen molar-refractivity contribution in [3.8, 4) is 50.8 Å². The van der Waals surface area contributed by atoms with Gasteiger partial charge in [0.2, 0.25) is 0 Å². The Kier molecular flexibility index (Phi) is 7.28. The third kappa shape index (κ3) is 5.02. The predicted molar refractivity (Wildman–Crippen MR) is 223 cm³/mol. The zero-order valence-electron chi connectivity index (χ0n) is 30.0. The van der Waals surface area contributed by atoms with E-state index in [9.17, 15) is 5.26 Å². The second-order valence-electron chi connectivity index (χ2n) is 14.0. The number of benzene rings is 7. The first-order valence-electron chi connectivity index (χ1n) is 18.3. The summed E-state index contributed by atoms with van der Waals surface area (Å²) >= 11 is 0. The molecule has 0 amide bonds. The van der Waals surface area contributed by atoms with Crippen LogP contribution in [0.2, 0.25) is 0 Å². The zero-order chi connectivity index (χ0) is 36.3. The molecule has 4 nitrogen and oxygen atoms in total. The molecule has 0 aliphatic carbocycles. The minimum Gasteiger partial charge on any atom is -0.309 e. The monoisotopic (exact) mass is 690 g/mol. The number of pyridine rings is 1. The normalized spacial score (nSPS) is 11.5. The smallest absolute Gasteiger partial charge is 0.101 e. The van der Waals surface area contributed by atoms with Crippen molar-refractivity contribution in [2.24, 2.45) is 0 Å². The Balaban J connectivity index is 1.31. The first-order chi connectivity index (χ1) is 26.6. The molecular weight excluding hydrogens is 657 g/mol. The maximum atomic E-state index is 11.0. The lowest BCUT2D eigenvalue weighted by Gasteiger charge is -2.19. The molecule has 3 heterocycles. The Morgan fingerprint density at radius 2 is 0.870 bits per heavy atom. The molecular formula is C50H34N4. The summed E-state index contributed by atoms with van der Waals surface area (Å²) in [5.74, 6) is 0. The van der Waals surface area contributed by atoms with Crippen molar-refractivity contribution in [3.63, 3.8) is 0 Å². The number of rotatable bonds is 5.